The Kier molecular flexibility index (Phi) is 5.16. The Morgan fingerprint density at radius 2 is 1.67 bits per heavy atom. The van der Waals surface area contributed by atoms with E-state index in [9.17, 15) is 4.79 Å². The van der Waals surface area contributed by atoms with Crippen LogP contribution in [0.3, 0.4) is 0 Å². The zero-order valence-electron chi connectivity index (χ0n) is 15.2. The smallest absolute Gasteiger partial charge is 0.321 e. The number of nitrogens with one attached hydrogen (secondary N) is 1. The van der Waals surface area contributed by atoms with Crippen molar-refractivity contribution >= 4 is 11.7 Å². The van der Waals surface area contributed by atoms with E-state index >= 15 is 0 Å². The third-order valence-corrected chi connectivity index (χ3v) is 4.81. The number of carbonyl (C=O) groups excluding carboxylic acids is 1. The standard InChI is InChI=1S/C21H23N5O/c27-21(23-19-9-4-5-10-20(19)26-12-6-11-22-26)25-15-13-24(14-16-25)17-18-7-2-1-3-8-18/h1-12H,13-17H2,(H,23,27). The Balaban J connectivity index is 1.35. The normalized spacial score (nSPS) is 14.9. The summed E-state index contributed by atoms with van der Waals surface area (Å²) >= 11 is 0. The van der Waals surface area contributed by atoms with Gasteiger partial charge in [0.05, 0.1) is 11.4 Å². The molecule has 0 unspecified atom stereocenters. The van der Waals surface area contributed by atoms with Crippen LogP contribution in [0.4, 0.5) is 10.5 Å². The molecule has 6 heteroatoms. The molecule has 2 aromatic carbocycles. The summed E-state index contributed by atoms with van der Waals surface area (Å²) in [6.45, 7) is 4.13. The van der Waals surface area contributed by atoms with Gasteiger partial charge in [-0.2, -0.15) is 5.10 Å². The van der Waals surface area contributed by atoms with Gasteiger partial charge in [-0.1, -0.05) is 42.5 Å². The fraction of sp³-hybridized carbons (Fsp3) is 0.238. The number of piperazine rings is 1. The Hall–Kier alpha value is -3.12. The summed E-state index contributed by atoms with van der Waals surface area (Å²) in [6, 6.07) is 20.0. The van der Waals surface area contributed by atoms with Crippen molar-refractivity contribution in [2.75, 3.05) is 31.5 Å². The maximum atomic E-state index is 12.7. The Labute approximate surface area is 159 Å². The topological polar surface area (TPSA) is 53.4 Å². The number of carbonyl (C=O) groups is 1. The van der Waals surface area contributed by atoms with Gasteiger partial charge in [0.1, 0.15) is 0 Å². The summed E-state index contributed by atoms with van der Waals surface area (Å²) < 4.78 is 1.76. The molecule has 3 aromatic rings. The number of aromatic nitrogens is 2. The minimum atomic E-state index is -0.0611. The van der Waals surface area contributed by atoms with Crippen LogP contribution in [-0.2, 0) is 6.54 Å². The van der Waals surface area contributed by atoms with Crippen LogP contribution in [0, 0.1) is 0 Å². The molecule has 0 saturated carbocycles. The number of benzene rings is 2. The van der Waals surface area contributed by atoms with E-state index in [2.05, 4.69) is 39.6 Å². The monoisotopic (exact) mass is 361 g/mol. The predicted octanol–water partition coefficient (Wildman–Crippen LogP) is 3.22. The highest BCUT2D eigenvalue weighted by atomic mass is 16.2. The predicted molar refractivity (Wildman–Crippen MR) is 106 cm³/mol. The number of amides is 2. The van der Waals surface area contributed by atoms with Gasteiger partial charge < -0.3 is 10.2 Å². The lowest BCUT2D eigenvalue weighted by Gasteiger charge is -2.34. The van der Waals surface area contributed by atoms with Gasteiger partial charge >= 0.3 is 6.03 Å². The van der Waals surface area contributed by atoms with Gasteiger partial charge in [-0.3, -0.25) is 4.90 Å². The van der Waals surface area contributed by atoms with Crippen molar-refractivity contribution in [1.29, 1.82) is 0 Å². The molecule has 1 saturated heterocycles. The van der Waals surface area contributed by atoms with E-state index in [-0.39, 0.29) is 6.03 Å². The molecular weight excluding hydrogens is 338 g/mol. The van der Waals surface area contributed by atoms with E-state index in [0.29, 0.717) is 0 Å². The van der Waals surface area contributed by atoms with E-state index in [1.165, 1.54) is 5.56 Å². The fourth-order valence-electron chi connectivity index (χ4n) is 3.34. The first kappa shape index (κ1) is 17.3. The molecule has 1 aromatic heterocycles. The van der Waals surface area contributed by atoms with Crippen molar-refractivity contribution in [1.82, 2.24) is 19.6 Å². The summed E-state index contributed by atoms with van der Waals surface area (Å²) in [5.74, 6) is 0. The second kappa shape index (κ2) is 8.05. The lowest BCUT2D eigenvalue weighted by molar-refractivity contribution is 0.143. The fourth-order valence-corrected chi connectivity index (χ4v) is 3.34. The minimum absolute atomic E-state index is 0.0611. The maximum absolute atomic E-state index is 12.7. The first-order chi connectivity index (χ1) is 13.3. The van der Waals surface area contributed by atoms with Gasteiger partial charge in [0.25, 0.3) is 0 Å². The highest BCUT2D eigenvalue weighted by molar-refractivity contribution is 5.91. The zero-order valence-corrected chi connectivity index (χ0v) is 15.2. The van der Waals surface area contributed by atoms with Crippen molar-refractivity contribution in [2.24, 2.45) is 0 Å². The van der Waals surface area contributed by atoms with E-state index in [4.69, 9.17) is 0 Å². The molecule has 0 radical (unpaired) electrons. The van der Waals surface area contributed by atoms with Crippen LogP contribution in [0.15, 0.2) is 73.1 Å². The average molecular weight is 361 g/mol. The number of hydrogen-bond acceptors (Lipinski definition) is 3. The molecule has 4 rings (SSSR count). The van der Waals surface area contributed by atoms with Crippen molar-refractivity contribution in [3.05, 3.63) is 78.6 Å². The van der Waals surface area contributed by atoms with Gasteiger partial charge in [0.2, 0.25) is 0 Å². The van der Waals surface area contributed by atoms with Crippen molar-refractivity contribution < 1.29 is 4.79 Å². The number of anilines is 1. The van der Waals surface area contributed by atoms with E-state index in [1.54, 1.807) is 10.9 Å². The molecule has 138 valence electrons. The van der Waals surface area contributed by atoms with Gasteiger partial charge in [-0.15, -0.1) is 0 Å². The summed E-state index contributed by atoms with van der Waals surface area (Å²) in [4.78, 5) is 17.0. The largest absolute Gasteiger partial charge is 0.322 e. The van der Waals surface area contributed by atoms with Crippen LogP contribution in [0.5, 0.6) is 0 Å². The second-order valence-corrected chi connectivity index (χ2v) is 6.65. The van der Waals surface area contributed by atoms with Crippen molar-refractivity contribution in [3.63, 3.8) is 0 Å². The zero-order chi connectivity index (χ0) is 18.5. The van der Waals surface area contributed by atoms with Gasteiger partial charge in [-0.05, 0) is 23.8 Å². The van der Waals surface area contributed by atoms with Crippen LogP contribution >= 0.6 is 0 Å². The lowest BCUT2D eigenvalue weighted by atomic mass is 10.2. The molecular formula is C21H23N5O. The molecule has 2 amide bonds. The maximum Gasteiger partial charge on any atom is 0.321 e. The Morgan fingerprint density at radius 1 is 0.926 bits per heavy atom. The number of urea groups is 1. The lowest BCUT2D eigenvalue weighted by Crippen LogP contribution is -2.49. The van der Waals surface area contributed by atoms with Gasteiger partial charge in [-0.25, -0.2) is 9.48 Å². The first-order valence-electron chi connectivity index (χ1n) is 9.21. The summed E-state index contributed by atoms with van der Waals surface area (Å²) in [5, 5.41) is 7.30. The minimum Gasteiger partial charge on any atom is -0.322 e. The molecule has 1 fully saturated rings. The van der Waals surface area contributed by atoms with Crippen molar-refractivity contribution in [2.45, 2.75) is 6.54 Å². The molecule has 0 atom stereocenters. The van der Waals surface area contributed by atoms with Crippen LogP contribution in [0.1, 0.15) is 5.56 Å². The van der Waals surface area contributed by atoms with Crippen LogP contribution in [0.25, 0.3) is 5.69 Å². The second-order valence-electron chi connectivity index (χ2n) is 6.65. The van der Waals surface area contributed by atoms with Crippen LogP contribution < -0.4 is 5.32 Å². The molecule has 0 aliphatic carbocycles. The highest BCUT2D eigenvalue weighted by Crippen LogP contribution is 2.20. The molecule has 2 heterocycles. The van der Waals surface area contributed by atoms with Crippen LogP contribution in [-0.4, -0.2) is 51.8 Å². The van der Waals surface area contributed by atoms with Crippen molar-refractivity contribution in [3.8, 4) is 5.69 Å². The number of hydrogen-bond donors (Lipinski definition) is 1. The quantitative estimate of drug-likeness (QED) is 0.776. The Morgan fingerprint density at radius 3 is 2.41 bits per heavy atom. The molecule has 27 heavy (non-hydrogen) atoms. The number of nitrogens with zero attached hydrogens (tertiary/aromatic N) is 4. The van der Waals surface area contributed by atoms with Gasteiger partial charge in [0, 0.05) is 45.1 Å². The Bertz CT molecular complexity index is 871. The number of para-hydroxylation sites is 2. The first-order valence-corrected chi connectivity index (χ1v) is 9.21. The third-order valence-electron chi connectivity index (χ3n) is 4.81. The molecule has 1 N–H and O–H groups in total. The highest BCUT2D eigenvalue weighted by Gasteiger charge is 2.21. The van der Waals surface area contributed by atoms with Crippen LogP contribution in [0.2, 0.25) is 0 Å². The van der Waals surface area contributed by atoms with Gasteiger partial charge in [0.15, 0.2) is 0 Å². The average Bonchev–Trinajstić information content (AvgIpc) is 3.24. The molecule has 0 bridgehead atoms. The SMILES string of the molecule is O=C(Nc1ccccc1-n1cccn1)N1CCN(Cc2ccccc2)CC1. The van der Waals surface area contributed by atoms with E-state index in [1.807, 2.05) is 47.5 Å². The summed E-state index contributed by atoms with van der Waals surface area (Å²) in [5.41, 5.74) is 2.93. The molecule has 1 aliphatic heterocycles. The van der Waals surface area contributed by atoms with E-state index in [0.717, 1.165) is 44.1 Å². The van der Waals surface area contributed by atoms with E-state index < -0.39 is 0 Å². The number of rotatable bonds is 4. The molecule has 1 aliphatic rings. The third kappa shape index (κ3) is 4.17. The summed E-state index contributed by atoms with van der Waals surface area (Å²) in [6.07, 6.45) is 3.60. The molecule has 0 spiro atoms. The summed E-state index contributed by atoms with van der Waals surface area (Å²) in [7, 11) is 0. The molecule has 6 nitrogen and oxygen atoms in total.